The summed E-state index contributed by atoms with van der Waals surface area (Å²) in [5, 5.41) is 10.2. The van der Waals surface area contributed by atoms with Crippen molar-refractivity contribution in [1.82, 2.24) is 0 Å². The van der Waals surface area contributed by atoms with Crippen LogP contribution in [0.1, 0.15) is 64.9 Å². The molecule has 0 amide bonds. The van der Waals surface area contributed by atoms with Gasteiger partial charge in [-0.2, -0.15) is 0 Å². The normalized spacial score (nSPS) is 15.3. The van der Waals surface area contributed by atoms with Crippen LogP contribution in [0.15, 0.2) is 40.1 Å². The molecule has 4 heteroatoms. The van der Waals surface area contributed by atoms with E-state index < -0.39 is 15.9 Å². The van der Waals surface area contributed by atoms with E-state index in [0.717, 1.165) is 37.7 Å². The largest absolute Gasteiger partial charge is 0.389 e. The highest BCUT2D eigenvalue weighted by Crippen LogP contribution is 2.29. The fourth-order valence-corrected chi connectivity index (χ4v) is 4.46. The van der Waals surface area contributed by atoms with Crippen molar-refractivity contribution in [1.29, 1.82) is 0 Å². The van der Waals surface area contributed by atoms with E-state index in [1.54, 1.807) is 18.2 Å². The van der Waals surface area contributed by atoms with Gasteiger partial charge in [0.2, 0.25) is 9.84 Å². The van der Waals surface area contributed by atoms with E-state index in [0.29, 0.717) is 16.2 Å². The quantitative estimate of drug-likeness (QED) is 0.642. The predicted molar refractivity (Wildman–Crippen MR) is 101 cm³/mol. The molecular formula is C20H32O3S. The van der Waals surface area contributed by atoms with E-state index in [-0.39, 0.29) is 5.92 Å². The Bertz CT molecular complexity index is 615. The molecule has 136 valence electrons. The van der Waals surface area contributed by atoms with Gasteiger partial charge in [0, 0.05) is 0 Å². The first-order valence-corrected chi connectivity index (χ1v) is 10.5. The minimum atomic E-state index is -3.57. The van der Waals surface area contributed by atoms with Gasteiger partial charge in [-0.1, -0.05) is 64.2 Å². The fraction of sp³-hybridized carbons (Fsp3) is 0.600. The van der Waals surface area contributed by atoms with Crippen LogP contribution >= 0.6 is 0 Å². The van der Waals surface area contributed by atoms with E-state index in [4.69, 9.17) is 0 Å². The van der Waals surface area contributed by atoms with Crippen LogP contribution in [-0.2, 0) is 9.84 Å². The molecule has 0 bridgehead atoms. The zero-order valence-corrected chi connectivity index (χ0v) is 16.3. The highest BCUT2D eigenvalue weighted by Gasteiger charge is 2.26. The SMILES string of the molecule is CCCC[C@H](O)/C=C(/[C@H](C)CCCC)S(=O)(=O)c1ccc(C)cc1. The molecule has 2 atom stereocenters. The lowest BCUT2D eigenvalue weighted by molar-refractivity contribution is 0.208. The Labute approximate surface area is 147 Å². The number of allylic oxidation sites excluding steroid dienone is 1. The molecule has 0 aliphatic carbocycles. The monoisotopic (exact) mass is 352 g/mol. The summed E-state index contributed by atoms with van der Waals surface area (Å²) in [4.78, 5) is 0.675. The van der Waals surface area contributed by atoms with Gasteiger partial charge in [-0.3, -0.25) is 0 Å². The van der Waals surface area contributed by atoms with E-state index >= 15 is 0 Å². The van der Waals surface area contributed by atoms with Crippen molar-refractivity contribution < 1.29 is 13.5 Å². The summed E-state index contributed by atoms with van der Waals surface area (Å²) in [6, 6.07) is 6.94. The predicted octanol–water partition coefficient (Wildman–Crippen LogP) is 5.03. The lowest BCUT2D eigenvalue weighted by Crippen LogP contribution is -2.16. The lowest BCUT2D eigenvalue weighted by Gasteiger charge is -2.18. The summed E-state index contributed by atoms with van der Waals surface area (Å²) in [6.45, 7) is 8.04. The molecule has 24 heavy (non-hydrogen) atoms. The van der Waals surface area contributed by atoms with Crippen LogP contribution in [0.3, 0.4) is 0 Å². The zero-order chi connectivity index (χ0) is 18.2. The first-order chi connectivity index (χ1) is 11.3. The molecule has 0 saturated carbocycles. The smallest absolute Gasteiger partial charge is 0.202 e. The van der Waals surface area contributed by atoms with Crippen molar-refractivity contribution in [3.8, 4) is 0 Å². The number of aliphatic hydroxyl groups is 1. The van der Waals surface area contributed by atoms with Crippen LogP contribution in [0, 0.1) is 12.8 Å². The topological polar surface area (TPSA) is 54.4 Å². The van der Waals surface area contributed by atoms with Crippen LogP contribution in [0.2, 0.25) is 0 Å². The third kappa shape index (κ3) is 6.06. The van der Waals surface area contributed by atoms with E-state index in [1.807, 2.05) is 26.0 Å². The molecule has 1 aromatic rings. The maximum absolute atomic E-state index is 13.1. The molecule has 3 nitrogen and oxygen atoms in total. The van der Waals surface area contributed by atoms with Crippen molar-refractivity contribution in [2.75, 3.05) is 0 Å². The number of sulfone groups is 1. The van der Waals surface area contributed by atoms with Gasteiger partial charge in [0.05, 0.1) is 15.9 Å². The summed E-state index contributed by atoms with van der Waals surface area (Å²) >= 11 is 0. The van der Waals surface area contributed by atoms with Gasteiger partial charge in [-0.05, 0) is 43.9 Å². The van der Waals surface area contributed by atoms with Gasteiger partial charge >= 0.3 is 0 Å². The number of rotatable bonds is 10. The van der Waals surface area contributed by atoms with Gasteiger partial charge in [-0.15, -0.1) is 0 Å². The second-order valence-corrected chi connectivity index (χ2v) is 8.59. The van der Waals surface area contributed by atoms with Crippen LogP contribution in [0.4, 0.5) is 0 Å². The fourth-order valence-electron chi connectivity index (χ4n) is 2.71. The van der Waals surface area contributed by atoms with Crippen LogP contribution < -0.4 is 0 Å². The molecule has 1 aromatic carbocycles. The average molecular weight is 353 g/mol. The third-order valence-electron chi connectivity index (χ3n) is 4.33. The Balaban J connectivity index is 3.19. The van der Waals surface area contributed by atoms with Crippen LogP contribution in [0.5, 0.6) is 0 Å². The van der Waals surface area contributed by atoms with Crippen molar-refractivity contribution in [2.45, 2.75) is 77.2 Å². The van der Waals surface area contributed by atoms with Gasteiger partial charge in [-0.25, -0.2) is 8.42 Å². The van der Waals surface area contributed by atoms with Gasteiger partial charge in [0.25, 0.3) is 0 Å². The molecule has 1 N–H and O–H groups in total. The van der Waals surface area contributed by atoms with Crippen molar-refractivity contribution in [3.05, 3.63) is 40.8 Å². The Morgan fingerprint density at radius 1 is 1.08 bits per heavy atom. The molecule has 0 aliphatic heterocycles. The molecule has 0 heterocycles. The molecule has 0 unspecified atom stereocenters. The zero-order valence-electron chi connectivity index (χ0n) is 15.5. The average Bonchev–Trinajstić information content (AvgIpc) is 2.55. The molecule has 0 fully saturated rings. The molecular weight excluding hydrogens is 320 g/mol. The Kier molecular flexibility index (Phi) is 8.71. The Hall–Kier alpha value is -1.13. The number of benzene rings is 1. The molecule has 0 saturated heterocycles. The first kappa shape index (κ1) is 20.9. The minimum absolute atomic E-state index is 0.0903. The summed E-state index contributed by atoms with van der Waals surface area (Å²) < 4.78 is 26.2. The summed E-state index contributed by atoms with van der Waals surface area (Å²) in [5.74, 6) is -0.0903. The van der Waals surface area contributed by atoms with Gasteiger partial charge in [0.15, 0.2) is 0 Å². The van der Waals surface area contributed by atoms with E-state index in [2.05, 4.69) is 13.8 Å². The van der Waals surface area contributed by atoms with Crippen LogP contribution in [-0.4, -0.2) is 19.6 Å². The molecule has 0 radical (unpaired) electrons. The molecule has 0 aliphatic rings. The van der Waals surface area contributed by atoms with Crippen molar-refractivity contribution in [2.24, 2.45) is 5.92 Å². The second-order valence-electron chi connectivity index (χ2n) is 6.64. The maximum atomic E-state index is 13.1. The Morgan fingerprint density at radius 2 is 1.62 bits per heavy atom. The highest BCUT2D eigenvalue weighted by atomic mass is 32.2. The second kappa shape index (κ2) is 10.00. The third-order valence-corrected chi connectivity index (χ3v) is 6.38. The maximum Gasteiger partial charge on any atom is 0.202 e. The number of unbranched alkanes of at least 4 members (excludes halogenated alkanes) is 2. The summed E-state index contributed by atoms with van der Waals surface area (Å²) in [6.07, 6.45) is 6.16. The summed E-state index contributed by atoms with van der Waals surface area (Å²) in [5.41, 5.74) is 1.03. The van der Waals surface area contributed by atoms with Crippen molar-refractivity contribution >= 4 is 9.84 Å². The van der Waals surface area contributed by atoms with Gasteiger partial charge < -0.3 is 5.11 Å². The number of aryl methyl sites for hydroxylation is 1. The number of aliphatic hydroxyl groups excluding tert-OH is 1. The van der Waals surface area contributed by atoms with Crippen molar-refractivity contribution in [3.63, 3.8) is 0 Å². The highest BCUT2D eigenvalue weighted by molar-refractivity contribution is 7.95. The van der Waals surface area contributed by atoms with Gasteiger partial charge in [0.1, 0.15) is 0 Å². The lowest BCUT2D eigenvalue weighted by atomic mass is 10.0. The summed E-state index contributed by atoms with van der Waals surface area (Å²) in [7, 11) is -3.57. The first-order valence-electron chi connectivity index (χ1n) is 9.04. The molecule has 0 spiro atoms. The Morgan fingerprint density at radius 3 is 2.17 bits per heavy atom. The number of hydrogen-bond donors (Lipinski definition) is 1. The number of hydrogen-bond acceptors (Lipinski definition) is 3. The van der Waals surface area contributed by atoms with Crippen LogP contribution in [0.25, 0.3) is 0 Å². The molecule has 0 aromatic heterocycles. The van der Waals surface area contributed by atoms with E-state index in [1.165, 1.54) is 0 Å². The van der Waals surface area contributed by atoms with E-state index in [9.17, 15) is 13.5 Å². The molecule has 1 rings (SSSR count). The minimum Gasteiger partial charge on any atom is -0.389 e. The standard InChI is InChI=1S/C20H32O3S/c1-5-7-9-17(4)20(15-18(21)10-8-6-2)24(22,23)19-13-11-16(3)12-14-19/h11-15,17-18,21H,5-10H2,1-4H3/b20-15-/t17-,18+/m1/s1.